The Morgan fingerprint density at radius 3 is 2.45 bits per heavy atom. The lowest BCUT2D eigenvalue weighted by Crippen LogP contribution is -2.56. The summed E-state index contributed by atoms with van der Waals surface area (Å²) in [5.74, 6) is -0.674. The quantitative estimate of drug-likeness (QED) is 0.353. The van der Waals surface area contributed by atoms with Gasteiger partial charge < -0.3 is 29.0 Å². The first-order valence-corrected chi connectivity index (χ1v) is 11.1. The molecule has 0 unspecified atom stereocenters. The van der Waals surface area contributed by atoms with Crippen LogP contribution in [0.5, 0.6) is 0 Å². The highest BCUT2D eigenvalue weighted by atomic mass is 16.6. The number of amides is 1. The largest absolute Gasteiger partial charge is 0.467 e. The standard InChI is InChI=1S/C23H37NO7/c1-13(2)8-9-16-22(5,31-16)19-18(27-6)15(10-11-23(19)12-29-23)30-21(26)24-17(14(3)4)20(25)28-7/h8,14-19H,9-12H2,1-7H3,(H,24,26)/t15-,16-,17+,18-,19-,22+,23+/m1/s1. The van der Waals surface area contributed by atoms with E-state index in [0.717, 1.165) is 12.8 Å². The van der Waals surface area contributed by atoms with Crippen molar-refractivity contribution in [3.63, 3.8) is 0 Å². The molecule has 1 saturated carbocycles. The summed E-state index contributed by atoms with van der Waals surface area (Å²) < 4.78 is 28.5. The van der Waals surface area contributed by atoms with E-state index in [1.54, 1.807) is 7.11 Å². The SMILES string of the molecule is COC(=O)[C@@H](NC(=O)O[C@@H]1CC[C@]2(CO2)[C@@H]([C@@]2(C)O[C@@H]2CC=C(C)C)[C@@H]1OC)C(C)C. The summed E-state index contributed by atoms with van der Waals surface area (Å²) in [6.07, 6.45) is 3.04. The maximum atomic E-state index is 12.6. The smallest absolute Gasteiger partial charge is 0.408 e. The highest BCUT2D eigenvalue weighted by molar-refractivity contribution is 5.81. The minimum absolute atomic E-state index is 0.0476. The molecule has 7 atom stereocenters. The van der Waals surface area contributed by atoms with E-state index in [1.165, 1.54) is 12.7 Å². The van der Waals surface area contributed by atoms with Crippen molar-refractivity contribution in [2.75, 3.05) is 20.8 Å². The summed E-state index contributed by atoms with van der Waals surface area (Å²) in [5, 5.41) is 2.64. The maximum Gasteiger partial charge on any atom is 0.408 e. The van der Waals surface area contributed by atoms with Crippen LogP contribution < -0.4 is 5.32 Å². The highest BCUT2D eigenvalue weighted by Crippen LogP contribution is 2.59. The average molecular weight is 440 g/mol. The van der Waals surface area contributed by atoms with Crippen LogP contribution in [0.2, 0.25) is 0 Å². The summed E-state index contributed by atoms with van der Waals surface area (Å²) in [6.45, 7) is 10.6. The van der Waals surface area contributed by atoms with Crippen LogP contribution in [0.15, 0.2) is 11.6 Å². The number of carbonyl (C=O) groups excluding carboxylic acids is 2. The second-order valence-electron chi connectivity index (χ2n) is 9.71. The number of carbonyl (C=O) groups is 2. The van der Waals surface area contributed by atoms with Crippen molar-refractivity contribution in [2.45, 2.75) is 89.4 Å². The molecule has 3 aliphatic rings. The van der Waals surface area contributed by atoms with Crippen LogP contribution >= 0.6 is 0 Å². The van der Waals surface area contributed by atoms with Crippen LogP contribution in [0.25, 0.3) is 0 Å². The second-order valence-corrected chi connectivity index (χ2v) is 9.71. The predicted octanol–water partition coefficient (Wildman–Crippen LogP) is 2.99. The Morgan fingerprint density at radius 2 is 1.94 bits per heavy atom. The zero-order valence-corrected chi connectivity index (χ0v) is 19.7. The monoisotopic (exact) mass is 439 g/mol. The van der Waals surface area contributed by atoms with Crippen molar-refractivity contribution in [3.05, 3.63) is 11.6 Å². The number of esters is 1. The van der Waals surface area contributed by atoms with E-state index in [-0.39, 0.29) is 29.6 Å². The molecule has 1 amide bonds. The molecule has 3 fully saturated rings. The fourth-order valence-corrected chi connectivity index (χ4v) is 4.99. The van der Waals surface area contributed by atoms with E-state index in [9.17, 15) is 9.59 Å². The van der Waals surface area contributed by atoms with Crippen LogP contribution in [0, 0.1) is 11.8 Å². The molecule has 0 aromatic rings. The number of epoxide rings is 2. The Hall–Kier alpha value is -1.64. The van der Waals surface area contributed by atoms with E-state index in [0.29, 0.717) is 13.0 Å². The first-order valence-electron chi connectivity index (χ1n) is 11.1. The molecule has 8 nitrogen and oxygen atoms in total. The molecule has 8 heteroatoms. The number of rotatable bonds is 8. The fourth-order valence-electron chi connectivity index (χ4n) is 4.99. The maximum absolute atomic E-state index is 12.6. The van der Waals surface area contributed by atoms with Gasteiger partial charge in [-0.05, 0) is 46.0 Å². The molecule has 2 heterocycles. The van der Waals surface area contributed by atoms with Gasteiger partial charge in [-0.3, -0.25) is 0 Å². The van der Waals surface area contributed by atoms with Crippen molar-refractivity contribution in [2.24, 2.45) is 11.8 Å². The van der Waals surface area contributed by atoms with Gasteiger partial charge in [-0.2, -0.15) is 0 Å². The van der Waals surface area contributed by atoms with Gasteiger partial charge in [0.2, 0.25) is 0 Å². The summed E-state index contributed by atoms with van der Waals surface area (Å²) >= 11 is 0. The van der Waals surface area contributed by atoms with Gasteiger partial charge in [0.25, 0.3) is 0 Å². The molecule has 1 N–H and O–H groups in total. The van der Waals surface area contributed by atoms with Crippen LogP contribution in [0.1, 0.15) is 53.9 Å². The first kappa shape index (κ1) is 24.0. The minimum atomic E-state index is -0.770. The lowest BCUT2D eigenvalue weighted by atomic mass is 9.68. The molecular weight excluding hydrogens is 402 g/mol. The van der Waals surface area contributed by atoms with Crippen molar-refractivity contribution < 1.29 is 33.3 Å². The Balaban J connectivity index is 1.71. The third-order valence-electron chi connectivity index (χ3n) is 6.89. The van der Waals surface area contributed by atoms with E-state index < -0.39 is 29.8 Å². The van der Waals surface area contributed by atoms with Gasteiger partial charge >= 0.3 is 12.1 Å². The summed E-state index contributed by atoms with van der Waals surface area (Å²) in [6, 6.07) is -0.770. The number of nitrogens with one attached hydrogen (secondary N) is 1. The lowest BCUT2D eigenvalue weighted by molar-refractivity contribution is -0.144. The third kappa shape index (κ3) is 4.91. The molecule has 3 rings (SSSR count). The molecule has 0 aromatic carbocycles. The van der Waals surface area contributed by atoms with Gasteiger partial charge in [0.1, 0.15) is 29.5 Å². The normalized spacial score (nSPS) is 37.2. The predicted molar refractivity (Wildman–Crippen MR) is 114 cm³/mol. The van der Waals surface area contributed by atoms with E-state index in [2.05, 4.69) is 32.2 Å². The average Bonchev–Trinajstić information content (AvgIpc) is 3.62. The molecule has 0 radical (unpaired) electrons. The highest BCUT2D eigenvalue weighted by Gasteiger charge is 2.72. The number of hydrogen-bond acceptors (Lipinski definition) is 7. The molecule has 2 aliphatic heterocycles. The van der Waals surface area contributed by atoms with E-state index in [1.807, 2.05) is 13.8 Å². The van der Waals surface area contributed by atoms with Crippen LogP contribution in [-0.4, -0.2) is 68.4 Å². The van der Waals surface area contributed by atoms with E-state index >= 15 is 0 Å². The van der Waals surface area contributed by atoms with Gasteiger partial charge in [0.05, 0.1) is 25.7 Å². The summed E-state index contributed by atoms with van der Waals surface area (Å²) in [7, 11) is 2.93. The number of hydrogen-bond donors (Lipinski definition) is 1. The van der Waals surface area contributed by atoms with Crippen LogP contribution in [0.4, 0.5) is 4.79 Å². The van der Waals surface area contributed by atoms with Gasteiger partial charge in [0, 0.05) is 7.11 Å². The summed E-state index contributed by atoms with van der Waals surface area (Å²) in [4.78, 5) is 24.6. The van der Waals surface area contributed by atoms with Crippen molar-refractivity contribution in [1.82, 2.24) is 5.32 Å². The third-order valence-corrected chi connectivity index (χ3v) is 6.89. The zero-order chi connectivity index (χ0) is 23.0. The molecule has 1 spiro atoms. The second kappa shape index (κ2) is 9.08. The Kier molecular flexibility index (Phi) is 7.03. The van der Waals surface area contributed by atoms with Gasteiger partial charge in [-0.15, -0.1) is 0 Å². The topological polar surface area (TPSA) is 98.9 Å². The molecule has 176 valence electrons. The number of methoxy groups -OCH3 is 2. The molecule has 0 bridgehead atoms. The van der Waals surface area contributed by atoms with Gasteiger partial charge in [-0.25, -0.2) is 9.59 Å². The van der Waals surface area contributed by atoms with Crippen molar-refractivity contribution in [1.29, 1.82) is 0 Å². The number of ether oxygens (including phenoxy) is 5. The van der Waals surface area contributed by atoms with Gasteiger partial charge in [0.15, 0.2) is 0 Å². The Bertz CT molecular complexity index is 713. The number of allylic oxidation sites excluding steroid dienone is 1. The lowest BCUT2D eigenvalue weighted by Gasteiger charge is -2.42. The van der Waals surface area contributed by atoms with Crippen LogP contribution in [0.3, 0.4) is 0 Å². The molecule has 0 aromatic heterocycles. The molecular formula is C23H37NO7. The molecule has 31 heavy (non-hydrogen) atoms. The Morgan fingerprint density at radius 1 is 1.26 bits per heavy atom. The number of alkyl carbamates (subject to hydrolysis) is 1. The molecule has 1 aliphatic carbocycles. The summed E-state index contributed by atoms with van der Waals surface area (Å²) in [5.41, 5.74) is 0.580. The zero-order valence-electron chi connectivity index (χ0n) is 19.7. The Labute approximate surface area is 185 Å². The van der Waals surface area contributed by atoms with E-state index in [4.69, 9.17) is 23.7 Å². The fraction of sp³-hybridized carbons (Fsp3) is 0.826. The van der Waals surface area contributed by atoms with Gasteiger partial charge in [-0.1, -0.05) is 25.5 Å². The van der Waals surface area contributed by atoms with Crippen LogP contribution in [-0.2, 0) is 28.5 Å². The minimum Gasteiger partial charge on any atom is -0.467 e. The molecule has 2 saturated heterocycles. The van der Waals surface area contributed by atoms with Crippen molar-refractivity contribution in [3.8, 4) is 0 Å². The van der Waals surface area contributed by atoms with Crippen molar-refractivity contribution >= 4 is 12.1 Å². The first-order chi connectivity index (χ1) is 14.6.